The van der Waals surface area contributed by atoms with Gasteiger partial charge in [-0.15, -0.1) is 13.2 Å². The van der Waals surface area contributed by atoms with Crippen LogP contribution in [0.5, 0.6) is 5.88 Å². The Bertz CT molecular complexity index is 475. The molecule has 0 spiro atoms. The third kappa shape index (κ3) is 3.25. The first-order chi connectivity index (χ1) is 8.11. The molecule has 1 rings (SSSR count). The molecular formula is C8H5F5N2O3. The summed E-state index contributed by atoms with van der Waals surface area (Å²) in [5.74, 6) is -2.51. The fraction of sp³-hybridized carbons (Fsp3) is 0.375. The van der Waals surface area contributed by atoms with Crippen LogP contribution in [-0.2, 0) is 0 Å². The van der Waals surface area contributed by atoms with Crippen molar-refractivity contribution in [2.75, 3.05) is 0 Å². The molecule has 0 aliphatic rings. The van der Waals surface area contributed by atoms with E-state index in [0.29, 0.717) is 6.07 Å². The topological polar surface area (TPSA) is 65.3 Å². The lowest BCUT2D eigenvalue weighted by atomic mass is 10.1. The Labute approximate surface area is 96.3 Å². The molecule has 0 aliphatic carbocycles. The summed E-state index contributed by atoms with van der Waals surface area (Å²) in [6.07, 6.45) is -8.34. The van der Waals surface area contributed by atoms with Crippen molar-refractivity contribution in [3.63, 3.8) is 0 Å². The Morgan fingerprint density at radius 3 is 2.39 bits per heavy atom. The van der Waals surface area contributed by atoms with Crippen LogP contribution in [-0.4, -0.2) is 16.3 Å². The predicted molar refractivity (Wildman–Crippen MR) is 47.3 cm³/mol. The third-order valence-electron chi connectivity index (χ3n) is 1.83. The molecule has 0 aromatic carbocycles. The second kappa shape index (κ2) is 4.70. The van der Waals surface area contributed by atoms with E-state index < -0.39 is 40.5 Å². The van der Waals surface area contributed by atoms with Gasteiger partial charge in [0.25, 0.3) is 6.43 Å². The summed E-state index contributed by atoms with van der Waals surface area (Å²) in [6.45, 7) is 0.999. The van der Waals surface area contributed by atoms with Crippen LogP contribution in [0, 0.1) is 17.0 Å². The number of nitrogens with zero attached hydrogens (tertiary/aromatic N) is 2. The molecule has 0 unspecified atom stereocenters. The van der Waals surface area contributed by atoms with Crippen molar-refractivity contribution in [1.82, 2.24) is 4.98 Å². The lowest BCUT2D eigenvalue weighted by Gasteiger charge is -2.08. The average molecular weight is 272 g/mol. The normalized spacial score (nSPS) is 11.7. The van der Waals surface area contributed by atoms with Crippen molar-refractivity contribution in [1.29, 1.82) is 0 Å². The Morgan fingerprint density at radius 2 is 2.00 bits per heavy atom. The van der Waals surface area contributed by atoms with Gasteiger partial charge < -0.3 is 14.9 Å². The van der Waals surface area contributed by atoms with Gasteiger partial charge in [0.15, 0.2) is 0 Å². The summed E-state index contributed by atoms with van der Waals surface area (Å²) in [6, 6.07) is 0.558. The van der Waals surface area contributed by atoms with E-state index in [1.807, 2.05) is 0 Å². The molecule has 1 aromatic heterocycles. The van der Waals surface area contributed by atoms with Gasteiger partial charge in [-0.05, 0) is 17.4 Å². The Hall–Kier alpha value is -2.00. The van der Waals surface area contributed by atoms with Gasteiger partial charge in [0.2, 0.25) is 0 Å². The molecular weight excluding hydrogens is 267 g/mol. The quantitative estimate of drug-likeness (QED) is 0.481. The van der Waals surface area contributed by atoms with E-state index >= 15 is 0 Å². The first kappa shape index (κ1) is 14.1. The van der Waals surface area contributed by atoms with Crippen molar-refractivity contribution in [3.05, 3.63) is 27.3 Å². The highest BCUT2D eigenvalue weighted by Gasteiger charge is 2.36. The molecule has 5 nitrogen and oxygen atoms in total. The lowest BCUT2D eigenvalue weighted by molar-refractivity contribution is -0.391. The molecule has 1 heterocycles. The molecule has 0 saturated carbocycles. The second-order valence-corrected chi connectivity index (χ2v) is 3.12. The zero-order valence-corrected chi connectivity index (χ0v) is 8.66. The maximum atomic E-state index is 12.5. The first-order valence-corrected chi connectivity index (χ1v) is 4.31. The number of aryl methyl sites for hydroxylation is 1. The van der Waals surface area contributed by atoms with Crippen molar-refractivity contribution < 1.29 is 31.6 Å². The highest BCUT2D eigenvalue weighted by Crippen LogP contribution is 2.33. The van der Waals surface area contributed by atoms with E-state index in [1.165, 1.54) is 0 Å². The van der Waals surface area contributed by atoms with Gasteiger partial charge >= 0.3 is 18.1 Å². The maximum absolute atomic E-state index is 12.5. The van der Waals surface area contributed by atoms with Gasteiger partial charge in [-0.1, -0.05) is 0 Å². The minimum Gasteiger partial charge on any atom is -0.366 e. The van der Waals surface area contributed by atoms with E-state index in [0.717, 1.165) is 6.92 Å². The molecule has 1 aromatic rings. The van der Waals surface area contributed by atoms with Gasteiger partial charge in [0.05, 0.1) is 0 Å². The summed E-state index contributed by atoms with van der Waals surface area (Å²) < 4.78 is 64.0. The summed E-state index contributed by atoms with van der Waals surface area (Å²) >= 11 is 0. The van der Waals surface area contributed by atoms with E-state index in [-0.39, 0.29) is 0 Å². The van der Waals surface area contributed by atoms with Crippen molar-refractivity contribution in [3.8, 4) is 5.88 Å². The number of halogens is 5. The van der Waals surface area contributed by atoms with Crippen molar-refractivity contribution >= 4 is 5.82 Å². The van der Waals surface area contributed by atoms with Gasteiger partial charge in [-0.25, -0.2) is 8.78 Å². The number of rotatable bonds is 3. The van der Waals surface area contributed by atoms with Crippen LogP contribution in [0.3, 0.4) is 0 Å². The largest absolute Gasteiger partial charge is 0.575 e. The van der Waals surface area contributed by atoms with Crippen LogP contribution < -0.4 is 4.74 Å². The summed E-state index contributed by atoms with van der Waals surface area (Å²) in [4.78, 5) is 12.0. The SMILES string of the molecule is Cc1cc(OC(F)(F)F)nc([N+](=O)[O-])c1C(F)F. The molecule has 10 heteroatoms. The minimum absolute atomic E-state index is 0.411. The van der Waals surface area contributed by atoms with E-state index in [4.69, 9.17) is 0 Å². The van der Waals surface area contributed by atoms with Crippen LogP contribution in [0.15, 0.2) is 6.07 Å². The smallest absolute Gasteiger partial charge is 0.366 e. The third-order valence-corrected chi connectivity index (χ3v) is 1.83. The van der Waals surface area contributed by atoms with Crippen LogP contribution >= 0.6 is 0 Å². The van der Waals surface area contributed by atoms with Crippen molar-refractivity contribution in [2.24, 2.45) is 0 Å². The number of alkyl halides is 5. The number of hydrogen-bond acceptors (Lipinski definition) is 4. The standard InChI is InChI=1S/C8H5F5N2O3/c1-3-2-4(18-8(11,12)13)14-7(15(16)17)5(3)6(9)10/h2,6H,1H3. The van der Waals surface area contributed by atoms with E-state index in [1.54, 1.807) is 0 Å². The maximum Gasteiger partial charge on any atom is 0.575 e. The average Bonchev–Trinajstić information content (AvgIpc) is 2.12. The monoisotopic (exact) mass is 272 g/mol. The summed E-state index contributed by atoms with van der Waals surface area (Å²) in [7, 11) is 0. The molecule has 0 aliphatic heterocycles. The molecule has 0 atom stereocenters. The number of nitro groups is 1. The Kier molecular flexibility index (Phi) is 3.67. The molecule has 0 fully saturated rings. The number of pyridine rings is 1. The van der Waals surface area contributed by atoms with Crippen LogP contribution in [0.4, 0.5) is 27.8 Å². The van der Waals surface area contributed by atoms with Crippen LogP contribution in [0.1, 0.15) is 17.6 Å². The Balaban J connectivity index is 3.32. The second-order valence-electron chi connectivity index (χ2n) is 3.12. The first-order valence-electron chi connectivity index (χ1n) is 4.31. The fourth-order valence-electron chi connectivity index (χ4n) is 1.22. The molecule has 100 valence electrons. The summed E-state index contributed by atoms with van der Waals surface area (Å²) in [5.41, 5.74) is -1.44. The molecule has 0 bridgehead atoms. The van der Waals surface area contributed by atoms with Gasteiger partial charge in [0, 0.05) is 11.1 Å². The molecule has 0 saturated heterocycles. The predicted octanol–water partition coefficient (Wildman–Crippen LogP) is 3.13. The minimum atomic E-state index is -5.11. The van der Waals surface area contributed by atoms with Crippen LogP contribution in [0.25, 0.3) is 0 Å². The zero-order chi connectivity index (χ0) is 14.1. The van der Waals surface area contributed by atoms with Gasteiger partial charge in [-0.3, -0.25) is 0 Å². The number of hydrogen-bond donors (Lipinski definition) is 0. The van der Waals surface area contributed by atoms with E-state index in [2.05, 4.69) is 9.72 Å². The molecule has 18 heavy (non-hydrogen) atoms. The molecule has 0 amide bonds. The molecule has 0 radical (unpaired) electrons. The number of ether oxygens (including phenoxy) is 1. The van der Waals surface area contributed by atoms with Gasteiger partial charge in [0.1, 0.15) is 5.56 Å². The van der Waals surface area contributed by atoms with Crippen LogP contribution in [0.2, 0.25) is 0 Å². The summed E-state index contributed by atoms with van der Waals surface area (Å²) in [5, 5.41) is 10.5. The van der Waals surface area contributed by atoms with E-state index in [9.17, 15) is 32.1 Å². The lowest BCUT2D eigenvalue weighted by Crippen LogP contribution is -2.18. The highest BCUT2D eigenvalue weighted by atomic mass is 19.4. The highest BCUT2D eigenvalue weighted by molar-refractivity contribution is 5.43. The molecule has 0 N–H and O–H groups in total. The zero-order valence-electron chi connectivity index (χ0n) is 8.66. The number of aromatic nitrogens is 1. The fourth-order valence-corrected chi connectivity index (χ4v) is 1.22. The van der Waals surface area contributed by atoms with Gasteiger partial charge in [-0.2, -0.15) is 0 Å². The van der Waals surface area contributed by atoms with Crippen molar-refractivity contribution in [2.45, 2.75) is 19.7 Å². The Morgan fingerprint density at radius 1 is 1.44 bits per heavy atom.